The molecule has 0 aliphatic carbocycles. The van der Waals surface area contributed by atoms with E-state index in [9.17, 15) is 9.00 Å². The first kappa shape index (κ1) is 17.8. The largest absolute Gasteiger partial charge is 0.444 e. The first-order chi connectivity index (χ1) is 10.8. The van der Waals surface area contributed by atoms with Crippen molar-refractivity contribution in [1.29, 1.82) is 0 Å². The lowest BCUT2D eigenvalue weighted by Crippen LogP contribution is -2.44. The van der Waals surface area contributed by atoms with Crippen LogP contribution in [0.1, 0.15) is 39.3 Å². The maximum Gasteiger partial charge on any atom is 0.410 e. The molecule has 0 radical (unpaired) electrons. The van der Waals surface area contributed by atoms with Crippen molar-refractivity contribution in [3.63, 3.8) is 0 Å². The van der Waals surface area contributed by atoms with Crippen LogP contribution in [0, 0.1) is 12.8 Å². The average molecular weight is 339 g/mol. The molecule has 2 unspecified atom stereocenters. The molecule has 1 aliphatic rings. The second-order valence-electron chi connectivity index (χ2n) is 6.89. The van der Waals surface area contributed by atoms with Crippen LogP contribution in [-0.4, -0.2) is 49.6 Å². The van der Waals surface area contributed by atoms with Gasteiger partial charge in [0.05, 0.1) is 16.5 Å². The summed E-state index contributed by atoms with van der Waals surface area (Å²) in [6, 6.07) is 0. The van der Waals surface area contributed by atoms with E-state index in [-0.39, 0.29) is 12.0 Å². The molecule has 0 bridgehead atoms. The molecule has 1 fully saturated rings. The molecule has 0 aromatic carbocycles. The van der Waals surface area contributed by atoms with E-state index in [1.54, 1.807) is 17.3 Å². The Morgan fingerprint density at radius 2 is 2.09 bits per heavy atom. The maximum absolute atomic E-state index is 12.5. The van der Waals surface area contributed by atoms with E-state index in [0.717, 1.165) is 12.8 Å². The minimum absolute atomic E-state index is 0.193. The van der Waals surface area contributed by atoms with Crippen LogP contribution in [0.2, 0.25) is 0 Å². The highest BCUT2D eigenvalue weighted by molar-refractivity contribution is 7.85. The van der Waals surface area contributed by atoms with Gasteiger partial charge in [-0.1, -0.05) is 0 Å². The lowest BCUT2D eigenvalue weighted by molar-refractivity contribution is 0.0176. The summed E-state index contributed by atoms with van der Waals surface area (Å²) in [6.45, 7) is 8.67. The van der Waals surface area contributed by atoms with Crippen LogP contribution in [0.25, 0.3) is 0 Å². The molecule has 1 aromatic heterocycles. The molecule has 0 saturated carbocycles. The Balaban J connectivity index is 1.95. The first-order valence-corrected chi connectivity index (χ1v) is 9.22. The number of likely N-dealkylation sites (tertiary alicyclic amines) is 1. The minimum atomic E-state index is -1.19. The molecule has 2 rings (SSSR count). The van der Waals surface area contributed by atoms with Crippen molar-refractivity contribution < 1.29 is 13.7 Å². The Hall–Kier alpha value is -1.50. The number of aromatic nitrogens is 2. The van der Waals surface area contributed by atoms with Crippen LogP contribution in [0.3, 0.4) is 0 Å². The van der Waals surface area contributed by atoms with Crippen molar-refractivity contribution in [1.82, 2.24) is 14.9 Å². The number of amides is 1. The van der Waals surface area contributed by atoms with E-state index in [1.807, 2.05) is 27.7 Å². The zero-order valence-corrected chi connectivity index (χ0v) is 15.1. The van der Waals surface area contributed by atoms with E-state index in [2.05, 4.69) is 9.97 Å². The average Bonchev–Trinajstić information content (AvgIpc) is 2.46. The molecule has 0 spiro atoms. The van der Waals surface area contributed by atoms with Gasteiger partial charge in [0.15, 0.2) is 0 Å². The summed E-state index contributed by atoms with van der Waals surface area (Å²) in [5.74, 6) is 0.692. The van der Waals surface area contributed by atoms with Gasteiger partial charge in [-0.15, -0.1) is 0 Å². The SMILES string of the molecule is Cc1nccnc1S(=O)CC1CCCN(C(=O)OC(C)(C)C)C1. The van der Waals surface area contributed by atoms with Gasteiger partial charge in [-0.3, -0.25) is 9.19 Å². The number of piperidine rings is 1. The monoisotopic (exact) mass is 339 g/mol. The summed E-state index contributed by atoms with van der Waals surface area (Å²) < 4.78 is 17.9. The summed E-state index contributed by atoms with van der Waals surface area (Å²) in [4.78, 5) is 22.2. The van der Waals surface area contributed by atoms with Crippen molar-refractivity contribution in [3.05, 3.63) is 18.1 Å². The molecule has 1 amide bonds. The standard InChI is InChI=1S/C16H25N3O3S/c1-12-14(18-8-7-17-12)23(21)11-13-6-5-9-19(10-13)15(20)22-16(2,3)4/h7-8,13H,5-6,9-11H2,1-4H3. The zero-order valence-electron chi connectivity index (χ0n) is 14.2. The number of aryl methyl sites for hydroxylation is 1. The van der Waals surface area contributed by atoms with Gasteiger partial charge in [0.25, 0.3) is 0 Å². The van der Waals surface area contributed by atoms with Crippen LogP contribution in [0.15, 0.2) is 17.4 Å². The molecule has 0 N–H and O–H groups in total. The van der Waals surface area contributed by atoms with Crippen molar-refractivity contribution in [2.75, 3.05) is 18.8 Å². The van der Waals surface area contributed by atoms with Crippen LogP contribution in [0.5, 0.6) is 0 Å². The fourth-order valence-electron chi connectivity index (χ4n) is 2.60. The van der Waals surface area contributed by atoms with Crippen molar-refractivity contribution in [2.24, 2.45) is 5.92 Å². The Labute approximate surface area is 140 Å². The molecule has 2 atom stereocenters. The maximum atomic E-state index is 12.5. The third-order valence-corrected chi connectivity index (χ3v) is 5.22. The summed E-state index contributed by atoms with van der Waals surface area (Å²) in [7, 11) is -1.19. The topological polar surface area (TPSA) is 72.4 Å². The summed E-state index contributed by atoms with van der Waals surface area (Å²) in [6.07, 6.45) is 4.74. The van der Waals surface area contributed by atoms with Gasteiger partial charge in [0, 0.05) is 31.2 Å². The number of ether oxygens (including phenoxy) is 1. The van der Waals surface area contributed by atoms with Gasteiger partial charge in [-0.2, -0.15) is 0 Å². The quantitative estimate of drug-likeness (QED) is 0.846. The molecule has 128 valence electrons. The van der Waals surface area contributed by atoms with Crippen molar-refractivity contribution in [2.45, 2.75) is 51.2 Å². The highest BCUT2D eigenvalue weighted by atomic mass is 32.2. The second kappa shape index (κ2) is 7.38. The van der Waals surface area contributed by atoms with Gasteiger partial charge in [0.2, 0.25) is 0 Å². The van der Waals surface area contributed by atoms with Gasteiger partial charge in [0.1, 0.15) is 10.6 Å². The second-order valence-corrected chi connectivity index (χ2v) is 8.30. The van der Waals surface area contributed by atoms with Crippen molar-refractivity contribution in [3.8, 4) is 0 Å². The van der Waals surface area contributed by atoms with E-state index in [4.69, 9.17) is 4.74 Å². The summed E-state index contributed by atoms with van der Waals surface area (Å²) in [5.41, 5.74) is 0.203. The van der Waals surface area contributed by atoms with Gasteiger partial charge in [-0.05, 0) is 46.5 Å². The third kappa shape index (κ3) is 5.27. The van der Waals surface area contributed by atoms with Crippen LogP contribution in [-0.2, 0) is 15.5 Å². The Bertz CT molecular complexity index is 586. The fourth-order valence-corrected chi connectivity index (χ4v) is 4.02. The smallest absolute Gasteiger partial charge is 0.410 e. The van der Waals surface area contributed by atoms with Crippen LogP contribution >= 0.6 is 0 Å². The van der Waals surface area contributed by atoms with Gasteiger partial charge >= 0.3 is 6.09 Å². The van der Waals surface area contributed by atoms with E-state index in [0.29, 0.717) is 29.6 Å². The molecular formula is C16H25N3O3S. The highest BCUT2D eigenvalue weighted by Crippen LogP contribution is 2.21. The first-order valence-electron chi connectivity index (χ1n) is 7.90. The zero-order chi connectivity index (χ0) is 17.0. The third-order valence-electron chi connectivity index (χ3n) is 3.61. The predicted octanol–water partition coefficient (Wildman–Crippen LogP) is 2.54. The van der Waals surface area contributed by atoms with E-state index in [1.165, 1.54) is 0 Å². The van der Waals surface area contributed by atoms with Crippen LogP contribution < -0.4 is 0 Å². The van der Waals surface area contributed by atoms with Crippen molar-refractivity contribution >= 4 is 16.9 Å². The van der Waals surface area contributed by atoms with Gasteiger partial charge in [-0.25, -0.2) is 9.78 Å². The Morgan fingerprint density at radius 1 is 1.39 bits per heavy atom. The fraction of sp³-hybridized carbons (Fsp3) is 0.688. The molecule has 1 aliphatic heterocycles. The normalized spacial score (nSPS) is 20.2. The molecule has 1 aromatic rings. The Kier molecular flexibility index (Phi) is 5.73. The lowest BCUT2D eigenvalue weighted by atomic mass is 10.0. The molecule has 1 saturated heterocycles. The highest BCUT2D eigenvalue weighted by Gasteiger charge is 2.29. The minimum Gasteiger partial charge on any atom is -0.444 e. The molecule has 7 heteroatoms. The number of hydrogen-bond acceptors (Lipinski definition) is 5. The van der Waals surface area contributed by atoms with E-state index < -0.39 is 16.4 Å². The summed E-state index contributed by atoms with van der Waals surface area (Å²) in [5, 5.41) is 0.543. The van der Waals surface area contributed by atoms with Gasteiger partial charge < -0.3 is 9.64 Å². The lowest BCUT2D eigenvalue weighted by Gasteiger charge is -2.33. The molecule has 23 heavy (non-hydrogen) atoms. The number of nitrogens with zero attached hydrogens (tertiary/aromatic N) is 3. The number of hydrogen-bond donors (Lipinski definition) is 0. The summed E-state index contributed by atoms with van der Waals surface area (Å²) >= 11 is 0. The number of carbonyl (C=O) groups is 1. The number of carbonyl (C=O) groups excluding carboxylic acids is 1. The molecule has 6 nitrogen and oxygen atoms in total. The Morgan fingerprint density at radius 3 is 2.74 bits per heavy atom. The number of rotatable bonds is 3. The molecular weight excluding hydrogens is 314 g/mol. The predicted molar refractivity (Wildman–Crippen MR) is 88.6 cm³/mol. The van der Waals surface area contributed by atoms with Crippen LogP contribution in [0.4, 0.5) is 4.79 Å². The molecule has 2 heterocycles. The van der Waals surface area contributed by atoms with E-state index >= 15 is 0 Å².